The van der Waals surface area contributed by atoms with Crippen molar-refractivity contribution < 1.29 is 14.7 Å². The van der Waals surface area contributed by atoms with E-state index < -0.39 is 11.4 Å². The van der Waals surface area contributed by atoms with Gasteiger partial charge in [-0.3, -0.25) is 14.3 Å². The van der Waals surface area contributed by atoms with Crippen LogP contribution in [0.25, 0.3) is 0 Å². The van der Waals surface area contributed by atoms with Crippen LogP contribution in [-0.4, -0.2) is 33.3 Å². The molecule has 0 aliphatic heterocycles. The van der Waals surface area contributed by atoms with Crippen molar-refractivity contribution in [2.24, 2.45) is 5.41 Å². The van der Waals surface area contributed by atoms with Gasteiger partial charge in [0.15, 0.2) is 0 Å². The molecule has 0 aromatic carbocycles. The second kappa shape index (κ2) is 7.24. The van der Waals surface area contributed by atoms with Crippen molar-refractivity contribution in [2.75, 3.05) is 6.54 Å². The van der Waals surface area contributed by atoms with Crippen molar-refractivity contribution in [3.8, 4) is 0 Å². The minimum Gasteiger partial charge on any atom is -0.481 e. The zero-order valence-corrected chi connectivity index (χ0v) is 13.3. The monoisotopic (exact) mass is 295 g/mol. The molecule has 118 valence electrons. The standard InChI is InChI=1S/C15H25N3O3/c1-5-15(6-2,14(20)21)10-16-13(19)7-8-18-12(4)9-11(3)17-18/h9H,5-8,10H2,1-4H3,(H,16,19)(H,20,21). The lowest BCUT2D eigenvalue weighted by atomic mass is 9.82. The highest BCUT2D eigenvalue weighted by Gasteiger charge is 2.34. The Kier molecular flexibility index (Phi) is 5.93. The van der Waals surface area contributed by atoms with Crippen LogP contribution in [-0.2, 0) is 16.1 Å². The first-order valence-electron chi connectivity index (χ1n) is 7.35. The Bertz CT molecular complexity index is 504. The molecule has 6 nitrogen and oxygen atoms in total. The van der Waals surface area contributed by atoms with E-state index in [9.17, 15) is 14.7 Å². The number of hydrogen-bond donors (Lipinski definition) is 2. The van der Waals surface area contributed by atoms with E-state index in [0.29, 0.717) is 25.8 Å². The molecule has 0 spiro atoms. The summed E-state index contributed by atoms with van der Waals surface area (Å²) >= 11 is 0. The molecule has 0 unspecified atom stereocenters. The van der Waals surface area contributed by atoms with Gasteiger partial charge in [0.1, 0.15) is 0 Å². The first-order valence-corrected chi connectivity index (χ1v) is 7.35. The highest BCUT2D eigenvalue weighted by molar-refractivity contribution is 5.79. The maximum atomic E-state index is 11.9. The molecule has 0 aliphatic rings. The van der Waals surface area contributed by atoms with Gasteiger partial charge in [0.25, 0.3) is 0 Å². The summed E-state index contributed by atoms with van der Waals surface area (Å²) in [4.78, 5) is 23.2. The lowest BCUT2D eigenvalue weighted by Gasteiger charge is -2.26. The van der Waals surface area contributed by atoms with Crippen LogP contribution in [0.3, 0.4) is 0 Å². The van der Waals surface area contributed by atoms with Crippen molar-refractivity contribution in [3.05, 3.63) is 17.5 Å². The molecule has 0 saturated carbocycles. The van der Waals surface area contributed by atoms with Gasteiger partial charge in [-0.05, 0) is 32.8 Å². The molecule has 1 rings (SSSR count). The zero-order valence-electron chi connectivity index (χ0n) is 13.3. The quantitative estimate of drug-likeness (QED) is 0.767. The number of hydrogen-bond acceptors (Lipinski definition) is 3. The van der Waals surface area contributed by atoms with Crippen molar-refractivity contribution in [3.63, 3.8) is 0 Å². The van der Waals surface area contributed by atoms with E-state index in [1.807, 2.05) is 33.8 Å². The molecule has 0 saturated heterocycles. The van der Waals surface area contributed by atoms with E-state index in [1.165, 1.54) is 0 Å². The van der Waals surface area contributed by atoms with Crippen LogP contribution in [0.4, 0.5) is 0 Å². The average molecular weight is 295 g/mol. The fourth-order valence-electron chi connectivity index (χ4n) is 2.34. The van der Waals surface area contributed by atoms with E-state index in [-0.39, 0.29) is 12.5 Å². The summed E-state index contributed by atoms with van der Waals surface area (Å²) in [6, 6.07) is 1.96. The molecular formula is C15H25N3O3. The van der Waals surface area contributed by atoms with Gasteiger partial charge in [0.05, 0.1) is 11.1 Å². The Morgan fingerprint density at radius 1 is 1.33 bits per heavy atom. The maximum absolute atomic E-state index is 11.9. The van der Waals surface area contributed by atoms with Gasteiger partial charge in [-0.1, -0.05) is 13.8 Å². The number of nitrogens with zero attached hydrogens (tertiary/aromatic N) is 2. The van der Waals surface area contributed by atoms with Gasteiger partial charge >= 0.3 is 5.97 Å². The highest BCUT2D eigenvalue weighted by Crippen LogP contribution is 2.25. The molecule has 0 aliphatic carbocycles. The molecule has 21 heavy (non-hydrogen) atoms. The Hall–Kier alpha value is -1.85. The first-order chi connectivity index (χ1) is 9.84. The smallest absolute Gasteiger partial charge is 0.311 e. The second-order valence-corrected chi connectivity index (χ2v) is 5.47. The molecular weight excluding hydrogens is 270 g/mol. The van der Waals surface area contributed by atoms with E-state index in [1.54, 1.807) is 4.68 Å². The van der Waals surface area contributed by atoms with Crippen LogP contribution in [0.2, 0.25) is 0 Å². The number of carbonyl (C=O) groups excluding carboxylic acids is 1. The molecule has 0 atom stereocenters. The summed E-state index contributed by atoms with van der Waals surface area (Å²) in [5.41, 5.74) is 1.07. The Labute approximate surface area is 125 Å². The van der Waals surface area contributed by atoms with Crippen LogP contribution in [0.15, 0.2) is 6.07 Å². The lowest BCUT2D eigenvalue weighted by molar-refractivity contribution is -0.149. The second-order valence-electron chi connectivity index (χ2n) is 5.47. The molecule has 1 amide bonds. The van der Waals surface area contributed by atoms with Gasteiger partial charge < -0.3 is 10.4 Å². The number of carboxylic acids is 1. The molecule has 2 N–H and O–H groups in total. The van der Waals surface area contributed by atoms with E-state index in [0.717, 1.165) is 11.4 Å². The number of aryl methyl sites for hydroxylation is 3. The summed E-state index contributed by atoms with van der Waals surface area (Å²) in [6.07, 6.45) is 1.29. The molecule has 6 heteroatoms. The van der Waals surface area contributed by atoms with E-state index in [2.05, 4.69) is 10.4 Å². The number of carbonyl (C=O) groups is 2. The first kappa shape index (κ1) is 17.2. The van der Waals surface area contributed by atoms with Gasteiger partial charge in [-0.15, -0.1) is 0 Å². The van der Waals surface area contributed by atoms with Crippen molar-refractivity contribution in [1.82, 2.24) is 15.1 Å². The number of aromatic nitrogens is 2. The zero-order chi connectivity index (χ0) is 16.0. The molecule has 0 fully saturated rings. The van der Waals surface area contributed by atoms with Crippen molar-refractivity contribution in [1.29, 1.82) is 0 Å². The maximum Gasteiger partial charge on any atom is 0.311 e. The van der Waals surface area contributed by atoms with Crippen LogP contribution < -0.4 is 5.32 Å². The fourth-order valence-corrected chi connectivity index (χ4v) is 2.34. The summed E-state index contributed by atoms with van der Waals surface area (Å²) in [6.45, 7) is 8.20. The third kappa shape index (κ3) is 4.31. The Morgan fingerprint density at radius 2 is 1.95 bits per heavy atom. The van der Waals surface area contributed by atoms with Crippen LogP contribution in [0, 0.1) is 19.3 Å². The molecule has 1 heterocycles. The SMILES string of the molecule is CCC(CC)(CNC(=O)CCn1nc(C)cc1C)C(=O)O. The minimum absolute atomic E-state index is 0.143. The Morgan fingerprint density at radius 3 is 2.38 bits per heavy atom. The molecule has 1 aromatic heterocycles. The predicted octanol–water partition coefficient (Wildman–Crippen LogP) is 1.90. The third-order valence-electron chi connectivity index (χ3n) is 4.09. The van der Waals surface area contributed by atoms with Crippen LogP contribution >= 0.6 is 0 Å². The Balaban J connectivity index is 2.50. The predicted molar refractivity (Wildman–Crippen MR) is 80.0 cm³/mol. The van der Waals surface area contributed by atoms with Gasteiger partial charge in [-0.2, -0.15) is 5.10 Å². The molecule has 0 bridgehead atoms. The van der Waals surface area contributed by atoms with Crippen molar-refractivity contribution >= 4 is 11.9 Å². The summed E-state index contributed by atoms with van der Waals surface area (Å²) < 4.78 is 1.79. The number of rotatable bonds is 8. The third-order valence-corrected chi connectivity index (χ3v) is 4.09. The largest absolute Gasteiger partial charge is 0.481 e. The van der Waals surface area contributed by atoms with Gasteiger partial charge in [0.2, 0.25) is 5.91 Å². The summed E-state index contributed by atoms with van der Waals surface area (Å²) in [5.74, 6) is -0.999. The van der Waals surface area contributed by atoms with Gasteiger partial charge in [-0.25, -0.2) is 0 Å². The van der Waals surface area contributed by atoms with Gasteiger partial charge in [0, 0.05) is 25.2 Å². The average Bonchev–Trinajstić information content (AvgIpc) is 2.76. The minimum atomic E-state index is -0.867. The van der Waals surface area contributed by atoms with Crippen LogP contribution in [0.1, 0.15) is 44.5 Å². The normalized spacial score (nSPS) is 11.4. The lowest BCUT2D eigenvalue weighted by Crippen LogP contribution is -2.42. The topological polar surface area (TPSA) is 84.2 Å². The van der Waals surface area contributed by atoms with Crippen LogP contribution in [0.5, 0.6) is 0 Å². The number of carboxylic acid groups (broad SMARTS) is 1. The number of nitrogens with one attached hydrogen (secondary N) is 1. The number of aliphatic carboxylic acids is 1. The van der Waals surface area contributed by atoms with E-state index in [4.69, 9.17) is 0 Å². The number of amides is 1. The molecule has 0 radical (unpaired) electrons. The summed E-state index contributed by atoms with van der Waals surface area (Å²) in [7, 11) is 0. The fraction of sp³-hybridized carbons (Fsp3) is 0.667. The van der Waals surface area contributed by atoms with Crippen molar-refractivity contribution in [2.45, 2.75) is 53.5 Å². The summed E-state index contributed by atoms with van der Waals surface area (Å²) in [5, 5.41) is 16.4. The highest BCUT2D eigenvalue weighted by atomic mass is 16.4. The van der Waals surface area contributed by atoms with E-state index >= 15 is 0 Å². The molecule has 1 aromatic rings.